The quantitative estimate of drug-likeness (QED) is 0.734. The Labute approximate surface area is 92.0 Å². The van der Waals surface area contributed by atoms with Gasteiger partial charge in [0.1, 0.15) is 0 Å². The Kier molecular flexibility index (Phi) is 3.29. The summed E-state index contributed by atoms with van der Waals surface area (Å²) in [7, 11) is 0. The molecule has 0 saturated carbocycles. The van der Waals surface area contributed by atoms with Crippen molar-refractivity contribution in [3.63, 3.8) is 0 Å². The van der Waals surface area contributed by atoms with E-state index in [1.54, 1.807) is 0 Å². The van der Waals surface area contributed by atoms with Crippen molar-refractivity contribution in [3.8, 4) is 0 Å². The van der Waals surface area contributed by atoms with Crippen molar-refractivity contribution >= 4 is 5.91 Å². The van der Waals surface area contributed by atoms with E-state index in [-0.39, 0.29) is 11.8 Å². The van der Waals surface area contributed by atoms with Crippen LogP contribution in [0.2, 0.25) is 0 Å². The first-order valence-corrected chi connectivity index (χ1v) is 6.20. The second-order valence-corrected chi connectivity index (χ2v) is 5.36. The summed E-state index contributed by atoms with van der Waals surface area (Å²) in [6, 6.07) is 1.09. The lowest BCUT2D eigenvalue weighted by atomic mass is 9.88. The predicted molar refractivity (Wildman–Crippen MR) is 60.5 cm³/mol. The number of rotatable bonds is 4. The lowest BCUT2D eigenvalue weighted by molar-refractivity contribution is -0.125. The molecule has 2 aliphatic rings. The van der Waals surface area contributed by atoms with E-state index in [1.807, 2.05) is 0 Å². The molecule has 0 spiro atoms. The topological polar surface area (TPSA) is 41.1 Å². The Hall–Kier alpha value is -0.570. The SMILES string of the molecule is CC(C)CCNC(=O)C1CC2CCC1N2. The van der Waals surface area contributed by atoms with Crippen molar-refractivity contribution in [1.82, 2.24) is 10.6 Å². The minimum Gasteiger partial charge on any atom is -0.356 e. The highest BCUT2D eigenvalue weighted by atomic mass is 16.1. The molecule has 0 radical (unpaired) electrons. The maximum Gasteiger partial charge on any atom is 0.224 e. The summed E-state index contributed by atoms with van der Waals surface area (Å²) in [5.41, 5.74) is 0. The van der Waals surface area contributed by atoms with Crippen molar-refractivity contribution in [3.05, 3.63) is 0 Å². The summed E-state index contributed by atoms with van der Waals surface area (Å²) in [5.74, 6) is 1.19. The molecule has 1 amide bonds. The fourth-order valence-corrected chi connectivity index (χ4v) is 2.73. The van der Waals surface area contributed by atoms with Crippen LogP contribution in [0, 0.1) is 11.8 Å². The minimum atomic E-state index is 0.246. The Morgan fingerprint density at radius 1 is 1.47 bits per heavy atom. The number of carbonyl (C=O) groups excluding carboxylic acids is 1. The first-order valence-electron chi connectivity index (χ1n) is 6.20. The van der Waals surface area contributed by atoms with Crippen molar-refractivity contribution in [1.29, 1.82) is 0 Å². The molecule has 3 atom stereocenters. The normalized spacial score (nSPS) is 33.7. The number of amides is 1. The largest absolute Gasteiger partial charge is 0.356 e. The van der Waals surface area contributed by atoms with Crippen LogP contribution in [-0.2, 0) is 4.79 Å². The molecule has 2 N–H and O–H groups in total. The Morgan fingerprint density at radius 2 is 2.27 bits per heavy atom. The average Bonchev–Trinajstić information content (AvgIpc) is 2.77. The van der Waals surface area contributed by atoms with Crippen LogP contribution in [0.3, 0.4) is 0 Å². The van der Waals surface area contributed by atoms with E-state index < -0.39 is 0 Å². The fraction of sp³-hybridized carbons (Fsp3) is 0.917. The second-order valence-electron chi connectivity index (χ2n) is 5.36. The molecule has 86 valence electrons. The highest BCUT2D eigenvalue weighted by Crippen LogP contribution is 2.33. The predicted octanol–water partition coefficient (Wildman–Crippen LogP) is 1.29. The van der Waals surface area contributed by atoms with Gasteiger partial charge in [-0.3, -0.25) is 4.79 Å². The maximum absolute atomic E-state index is 11.9. The monoisotopic (exact) mass is 210 g/mol. The molecular weight excluding hydrogens is 188 g/mol. The van der Waals surface area contributed by atoms with E-state index in [4.69, 9.17) is 0 Å². The fourth-order valence-electron chi connectivity index (χ4n) is 2.73. The summed E-state index contributed by atoms with van der Waals surface area (Å²) in [6.45, 7) is 5.21. The van der Waals surface area contributed by atoms with Gasteiger partial charge in [-0.2, -0.15) is 0 Å². The van der Waals surface area contributed by atoms with Gasteiger partial charge in [-0.25, -0.2) is 0 Å². The van der Waals surface area contributed by atoms with Crippen LogP contribution in [0.4, 0.5) is 0 Å². The number of hydrogen-bond donors (Lipinski definition) is 2. The van der Waals surface area contributed by atoms with Gasteiger partial charge in [0.25, 0.3) is 0 Å². The number of carbonyl (C=O) groups is 1. The van der Waals surface area contributed by atoms with Gasteiger partial charge < -0.3 is 10.6 Å². The lowest BCUT2D eigenvalue weighted by Gasteiger charge is -2.19. The van der Waals surface area contributed by atoms with Crippen LogP contribution >= 0.6 is 0 Å². The molecule has 2 saturated heterocycles. The molecule has 0 aromatic rings. The van der Waals surface area contributed by atoms with Gasteiger partial charge in [0.15, 0.2) is 0 Å². The van der Waals surface area contributed by atoms with Gasteiger partial charge in [0.2, 0.25) is 5.91 Å². The summed E-state index contributed by atoms with van der Waals surface area (Å²) >= 11 is 0. The van der Waals surface area contributed by atoms with E-state index in [9.17, 15) is 4.79 Å². The average molecular weight is 210 g/mol. The molecule has 0 aromatic carbocycles. The van der Waals surface area contributed by atoms with Gasteiger partial charge >= 0.3 is 0 Å². The summed E-state index contributed by atoms with van der Waals surface area (Å²) in [4.78, 5) is 11.9. The Bertz CT molecular complexity index is 240. The van der Waals surface area contributed by atoms with Gasteiger partial charge in [-0.15, -0.1) is 0 Å². The third-order valence-corrected chi connectivity index (χ3v) is 3.66. The van der Waals surface area contributed by atoms with Gasteiger partial charge in [0.05, 0.1) is 5.92 Å². The van der Waals surface area contributed by atoms with Crippen LogP contribution in [0.1, 0.15) is 39.5 Å². The lowest BCUT2D eigenvalue weighted by Crippen LogP contribution is -2.38. The standard InChI is InChI=1S/C12H22N2O/c1-8(2)5-6-13-12(15)10-7-9-3-4-11(10)14-9/h8-11,14H,3-7H2,1-2H3,(H,13,15). The van der Waals surface area contributed by atoms with E-state index in [0.29, 0.717) is 18.0 Å². The Balaban J connectivity index is 1.72. The van der Waals surface area contributed by atoms with E-state index in [1.165, 1.54) is 12.8 Å². The molecule has 2 rings (SSSR count). The van der Waals surface area contributed by atoms with Crippen LogP contribution < -0.4 is 10.6 Å². The van der Waals surface area contributed by atoms with Crippen molar-refractivity contribution in [2.24, 2.45) is 11.8 Å². The summed E-state index contributed by atoms with van der Waals surface area (Å²) < 4.78 is 0. The van der Waals surface area contributed by atoms with Crippen LogP contribution in [0.15, 0.2) is 0 Å². The smallest absolute Gasteiger partial charge is 0.224 e. The van der Waals surface area contributed by atoms with Crippen LogP contribution in [0.5, 0.6) is 0 Å². The number of fused-ring (bicyclic) bond motifs is 2. The van der Waals surface area contributed by atoms with E-state index >= 15 is 0 Å². The molecule has 0 aliphatic carbocycles. The highest BCUT2D eigenvalue weighted by Gasteiger charge is 2.42. The number of hydrogen-bond acceptors (Lipinski definition) is 2. The molecule has 2 fully saturated rings. The Morgan fingerprint density at radius 3 is 2.80 bits per heavy atom. The highest BCUT2D eigenvalue weighted by molar-refractivity contribution is 5.80. The molecule has 2 bridgehead atoms. The van der Waals surface area contributed by atoms with Gasteiger partial charge in [-0.1, -0.05) is 13.8 Å². The molecule has 3 nitrogen and oxygen atoms in total. The van der Waals surface area contributed by atoms with E-state index in [0.717, 1.165) is 19.4 Å². The van der Waals surface area contributed by atoms with Crippen LogP contribution in [-0.4, -0.2) is 24.5 Å². The second kappa shape index (κ2) is 4.52. The van der Waals surface area contributed by atoms with Gasteiger partial charge in [0, 0.05) is 18.6 Å². The number of nitrogens with one attached hydrogen (secondary N) is 2. The first kappa shape index (κ1) is 10.9. The van der Waals surface area contributed by atoms with E-state index in [2.05, 4.69) is 24.5 Å². The first-order chi connectivity index (χ1) is 7.16. The van der Waals surface area contributed by atoms with Crippen molar-refractivity contribution < 1.29 is 4.79 Å². The van der Waals surface area contributed by atoms with Crippen molar-refractivity contribution in [2.75, 3.05) is 6.54 Å². The third kappa shape index (κ3) is 2.51. The van der Waals surface area contributed by atoms with Crippen molar-refractivity contribution in [2.45, 2.75) is 51.6 Å². The summed E-state index contributed by atoms with van der Waals surface area (Å²) in [5, 5.41) is 6.56. The molecule has 0 aromatic heterocycles. The zero-order valence-corrected chi connectivity index (χ0v) is 9.75. The zero-order valence-electron chi connectivity index (χ0n) is 9.75. The maximum atomic E-state index is 11.9. The molecule has 15 heavy (non-hydrogen) atoms. The molecular formula is C12H22N2O. The molecule has 2 aliphatic heterocycles. The molecule has 3 heteroatoms. The third-order valence-electron chi connectivity index (χ3n) is 3.66. The minimum absolute atomic E-state index is 0.246. The molecule has 3 unspecified atom stereocenters. The van der Waals surface area contributed by atoms with Gasteiger partial charge in [-0.05, 0) is 31.6 Å². The van der Waals surface area contributed by atoms with Crippen LogP contribution in [0.25, 0.3) is 0 Å². The summed E-state index contributed by atoms with van der Waals surface area (Å²) in [6.07, 6.45) is 4.59. The zero-order chi connectivity index (χ0) is 10.8. The molecule has 2 heterocycles.